The highest BCUT2D eigenvalue weighted by molar-refractivity contribution is 5.75. The zero-order valence-corrected chi connectivity index (χ0v) is 7.30. The highest BCUT2D eigenvalue weighted by Crippen LogP contribution is 2.28. The molecule has 2 amide bonds. The summed E-state index contributed by atoms with van der Waals surface area (Å²) in [6, 6.07) is -0.219. The van der Waals surface area contributed by atoms with Crippen LogP contribution in [0.3, 0.4) is 0 Å². The van der Waals surface area contributed by atoms with Crippen molar-refractivity contribution >= 4 is 6.03 Å². The lowest BCUT2D eigenvalue weighted by Crippen LogP contribution is -2.61. The molecule has 0 radical (unpaired) electrons. The predicted molar refractivity (Wildman–Crippen MR) is 42.7 cm³/mol. The van der Waals surface area contributed by atoms with Crippen LogP contribution in [0.25, 0.3) is 0 Å². The average Bonchev–Trinajstić information content (AvgIpc) is 2.50. The van der Waals surface area contributed by atoms with Gasteiger partial charge in [0, 0.05) is 13.1 Å². The van der Waals surface area contributed by atoms with Crippen LogP contribution in [-0.4, -0.2) is 47.9 Å². The number of rotatable bonds is 0. The molecule has 2 aliphatic rings. The number of urea groups is 1. The summed E-state index contributed by atoms with van der Waals surface area (Å²) in [4.78, 5) is 14.3. The molecule has 2 aliphatic heterocycles. The van der Waals surface area contributed by atoms with Gasteiger partial charge in [0.15, 0.2) is 0 Å². The van der Waals surface area contributed by atoms with Crippen LogP contribution in [0.15, 0.2) is 0 Å². The van der Waals surface area contributed by atoms with Gasteiger partial charge in [-0.05, 0) is 12.8 Å². The van der Waals surface area contributed by atoms with Crippen molar-refractivity contribution in [3.05, 3.63) is 0 Å². The number of nitrogens with zero attached hydrogens (tertiary/aromatic N) is 2. The number of hydrogen-bond donors (Lipinski definition) is 0. The monoisotopic (exact) mass is 190 g/mol. The summed E-state index contributed by atoms with van der Waals surface area (Å²) in [6.07, 6.45) is 1.99. The first-order valence-corrected chi connectivity index (χ1v) is 4.50. The number of carbonyl (C=O) groups is 1. The normalized spacial score (nSPS) is 26.0. The summed E-state index contributed by atoms with van der Waals surface area (Å²) in [5, 5.41) is 0. The van der Waals surface area contributed by atoms with Gasteiger partial charge in [-0.1, -0.05) is 0 Å². The predicted octanol–water partition coefficient (Wildman–Crippen LogP) is 1.15. The maximum Gasteiger partial charge on any atom is 0.320 e. The van der Waals surface area contributed by atoms with Gasteiger partial charge in [-0.15, -0.1) is 0 Å². The second-order valence-electron chi connectivity index (χ2n) is 3.69. The topological polar surface area (TPSA) is 23.6 Å². The Labute approximate surface area is 75.3 Å². The highest BCUT2D eigenvalue weighted by atomic mass is 19.3. The first-order chi connectivity index (χ1) is 6.08. The minimum atomic E-state index is -2.64. The Morgan fingerprint density at radius 3 is 2.08 bits per heavy atom. The van der Waals surface area contributed by atoms with E-state index in [9.17, 15) is 13.6 Å². The van der Waals surface area contributed by atoms with E-state index in [4.69, 9.17) is 0 Å². The third-order valence-electron chi connectivity index (χ3n) is 2.49. The Kier molecular flexibility index (Phi) is 1.89. The van der Waals surface area contributed by atoms with Crippen molar-refractivity contribution in [2.45, 2.75) is 18.8 Å². The molecule has 0 spiro atoms. The number of alkyl halides is 2. The van der Waals surface area contributed by atoms with Crippen LogP contribution in [0.1, 0.15) is 12.8 Å². The van der Waals surface area contributed by atoms with Gasteiger partial charge in [0.1, 0.15) is 0 Å². The van der Waals surface area contributed by atoms with E-state index in [2.05, 4.69) is 0 Å². The summed E-state index contributed by atoms with van der Waals surface area (Å²) < 4.78 is 24.8. The molecule has 3 nitrogen and oxygen atoms in total. The van der Waals surface area contributed by atoms with E-state index < -0.39 is 19.0 Å². The SMILES string of the molecule is O=C(N1CCCC1)N1CC(F)(F)C1. The molecule has 13 heavy (non-hydrogen) atoms. The van der Waals surface area contributed by atoms with Crippen LogP contribution < -0.4 is 0 Å². The van der Waals surface area contributed by atoms with Gasteiger partial charge < -0.3 is 9.80 Å². The fourth-order valence-electron chi connectivity index (χ4n) is 1.76. The van der Waals surface area contributed by atoms with Gasteiger partial charge in [-0.3, -0.25) is 0 Å². The van der Waals surface area contributed by atoms with Gasteiger partial charge in [0.2, 0.25) is 0 Å². The zero-order chi connectivity index (χ0) is 9.47. The van der Waals surface area contributed by atoms with E-state index >= 15 is 0 Å². The summed E-state index contributed by atoms with van der Waals surface area (Å²) in [5.41, 5.74) is 0. The third kappa shape index (κ3) is 1.59. The summed E-state index contributed by atoms with van der Waals surface area (Å²) in [5.74, 6) is -2.64. The standard InChI is InChI=1S/C8H12F2N2O/c9-8(10)5-12(6-8)7(13)11-3-1-2-4-11/h1-6H2. The molecule has 74 valence electrons. The van der Waals surface area contributed by atoms with Crippen LogP contribution in [-0.2, 0) is 0 Å². The maximum atomic E-state index is 12.4. The first kappa shape index (κ1) is 8.72. The lowest BCUT2D eigenvalue weighted by atomic mass is 10.2. The smallest absolute Gasteiger partial charge is 0.320 e. The third-order valence-corrected chi connectivity index (χ3v) is 2.49. The van der Waals surface area contributed by atoms with Crippen molar-refractivity contribution in [2.75, 3.05) is 26.2 Å². The van der Waals surface area contributed by atoms with E-state index in [0.717, 1.165) is 25.9 Å². The quantitative estimate of drug-likeness (QED) is 0.562. The number of hydrogen-bond acceptors (Lipinski definition) is 1. The molecule has 2 fully saturated rings. The molecule has 0 N–H and O–H groups in total. The molecule has 0 bridgehead atoms. The summed E-state index contributed by atoms with van der Waals surface area (Å²) in [7, 11) is 0. The zero-order valence-electron chi connectivity index (χ0n) is 7.30. The van der Waals surface area contributed by atoms with E-state index in [1.807, 2.05) is 0 Å². The van der Waals surface area contributed by atoms with Crippen LogP contribution in [0, 0.1) is 0 Å². The Bertz CT molecular complexity index is 218. The number of carbonyl (C=O) groups excluding carboxylic acids is 1. The van der Waals surface area contributed by atoms with Crippen LogP contribution >= 0.6 is 0 Å². The number of amides is 2. The van der Waals surface area contributed by atoms with Crippen LogP contribution in [0.4, 0.5) is 13.6 Å². The van der Waals surface area contributed by atoms with Gasteiger partial charge in [0.05, 0.1) is 13.1 Å². The first-order valence-electron chi connectivity index (χ1n) is 4.50. The van der Waals surface area contributed by atoms with E-state index in [1.54, 1.807) is 4.90 Å². The van der Waals surface area contributed by atoms with Crippen molar-refractivity contribution in [3.63, 3.8) is 0 Å². The molecule has 2 rings (SSSR count). The van der Waals surface area contributed by atoms with Gasteiger partial charge in [-0.25, -0.2) is 13.6 Å². The highest BCUT2D eigenvalue weighted by Gasteiger charge is 2.47. The molecule has 0 aromatic rings. The fraction of sp³-hybridized carbons (Fsp3) is 0.875. The lowest BCUT2D eigenvalue weighted by Gasteiger charge is -2.40. The van der Waals surface area contributed by atoms with E-state index in [-0.39, 0.29) is 6.03 Å². The molecule has 0 atom stereocenters. The minimum absolute atomic E-state index is 0.219. The van der Waals surface area contributed by atoms with Gasteiger partial charge in [-0.2, -0.15) is 0 Å². The Hall–Kier alpha value is -0.870. The van der Waals surface area contributed by atoms with Crippen LogP contribution in [0.2, 0.25) is 0 Å². The van der Waals surface area contributed by atoms with Gasteiger partial charge in [0.25, 0.3) is 5.92 Å². The molecule has 0 aliphatic carbocycles. The Morgan fingerprint density at radius 2 is 1.62 bits per heavy atom. The van der Waals surface area contributed by atoms with E-state index in [0.29, 0.717) is 0 Å². The molecule has 2 heterocycles. The lowest BCUT2D eigenvalue weighted by molar-refractivity contribution is -0.113. The van der Waals surface area contributed by atoms with Crippen molar-refractivity contribution in [3.8, 4) is 0 Å². The summed E-state index contributed by atoms with van der Waals surface area (Å²) in [6.45, 7) is 0.645. The molecule has 2 saturated heterocycles. The fourth-order valence-corrected chi connectivity index (χ4v) is 1.76. The molecule has 5 heteroatoms. The molecular weight excluding hydrogens is 178 g/mol. The Balaban J connectivity index is 1.85. The van der Waals surface area contributed by atoms with Crippen molar-refractivity contribution in [1.29, 1.82) is 0 Å². The van der Waals surface area contributed by atoms with Gasteiger partial charge >= 0.3 is 6.03 Å². The van der Waals surface area contributed by atoms with E-state index in [1.165, 1.54) is 4.90 Å². The summed E-state index contributed by atoms with van der Waals surface area (Å²) >= 11 is 0. The van der Waals surface area contributed by atoms with Crippen molar-refractivity contribution in [1.82, 2.24) is 9.80 Å². The Morgan fingerprint density at radius 1 is 1.08 bits per heavy atom. The molecule has 0 aromatic carbocycles. The molecular formula is C8H12F2N2O. The molecule has 0 aromatic heterocycles. The number of halogens is 2. The average molecular weight is 190 g/mol. The van der Waals surface area contributed by atoms with Crippen LogP contribution in [0.5, 0.6) is 0 Å². The molecule has 0 saturated carbocycles. The second kappa shape index (κ2) is 2.82. The second-order valence-corrected chi connectivity index (χ2v) is 3.69. The number of likely N-dealkylation sites (tertiary alicyclic amines) is 2. The largest absolute Gasteiger partial charge is 0.325 e. The van der Waals surface area contributed by atoms with Crippen molar-refractivity contribution < 1.29 is 13.6 Å². The van der Waals surface area contributed by atoms with Crippen molar-refractivity contribution in [2.24, 2.45) is 0 Å². The maximum absolute atomic E-state index is 12.4. The minimum Gasteiger partial charge on any atom is -0.325 e. The molecule has 0 unspecified atom stereocenters.